The highest BCUT2D eigenvalue weighted by molar-refractivity contribution is 6.32. The number of hydrogen-bond acceptors (Lipinski definition) is 3. The zero-order chi connectivity index (χ0) is 18.0. The zero-order valence-electron chi connectivity index (χ0n) is 13.7. The van der Waals surface area contributed by atoms with Crippen LogP contribution in [-0.4, -0.2) is 15.7 Å². The number of amides is 1. The molecule has 0 aliphatic heterocycles. The van der Waals surface area contributed by atoms with Gasteiger partial charge >= 0.3 is 0 Å². The van der Waals surface area contributed by atoms with Gasteiger partial charge < -0.3 is 5.32 Å². The van der Waals surface area contributed by atoms with Crippen molar-refractivity contribution in [2.75, 3.05) is 5.32 Å². The van der Waals surface area contributed by atoms with Crippen LogP contribution in [0.15, 0.2) is 48.7 Å². The lowest BCUT2D eigenvalue weighted by Gasteiger charge is -2.09. The number of carbonyl (C=O) groups is 1. The Balaban J connectivity index is 1.88. The molecule has 0 atom stereocenters. The average Bonchev–Trinajstić information content (AvgIpc) is 2.97. The lowest BCUT2D eigenvalue weighted by molar-refractivity contribution is 0.102. The third-order valence-corrected chi connectivity index (χ3v) is 4.26. The second-order valence-corrected chi connectivity index (χ2v) is 6.01. The molecule has 2 aromatic carbocycles. The lowest BCUT2D eigenvalue weighted by Crippen LogP contribution is -2.13. The summed E-state index contributed by atoms with van der Waals surface area (Å²) in [5.41, 5.74) is 4.11. The number of nitrogens with zero attached hydrogens (tertiary/aromatic N) is 3. The molecule has 3 aromatic rings. The number of nitriles is 1. The van der Waals surface area contributed by atoms with Gasteiger partial charge in [-0.15, -0.1) is 0 Å². The first-order valence-corrected chi connectivity index (χ1v) is 8.00. The molecule has 3 rings (SSSR count). The number of nitrogens with one attached hydrogen (secondary N) is 1. The molecule has 6 heteroatoms. The van der Waals surface area contributed by atoms with Crippen LogP contribution in [0.4, 0.5) is 5.69 Å². The summed E-state index contributed by atoms with van der Waals surface area (Å²) in [6.45, 7) is 3.84. The maximum atomic E-state index is 12.6. The monoisotopic (exact) mass is 350 g/mol. The molecule has 0 saturated heterocycles. The van der Waals surface area contributed by atoms with E-state index in [9.17, 15) is 4.79 Å². The van der Waals surface area contributed by atoms with Crippen molar-refractivity contribution in [2.45, 2.75) is 13.8 Å². The Bertz CT molecular complexity index is 1000. The highest BCUT2D eigenvalue weighted by atomic mass is 35.5. The van der Waals surface area contributed by atoms with Gasteiger partial charge in [-0.05, 0) is 43.7 Å². The van der Waals surface area contributed by atoms with Gasteiger partial charge in [0.1, 0.15) is 6.07 Å². The van der Waals surface area contributed by atoms with Crippen LogP contribution in [0.25, 0.3) is 5.69 Å². The summed E-state index contributed by atoms with van der Waals surface area (Å²) in [5, 5.41) is 16.3. The molecule has 0 spiro atoms. The number of carbonyl (C=O) groups excluding carboxylic acids is 1. The Labute approximate surface area is 150 Å². The van der Waals surface area contributed by atoms with E-state index in [0.29, 0.717) is 21.8 Å². The van der Waals surface area contributed by atoms with Gasteiger partial charge in [-0.1, -0.05) is 29.8 Å². The number of halogens is 1. The van der Waals surface area contributed by atoms with Crippen LogP contribution < -0.4 is 5.32 Å². The third kappa shape index (κ3) is 3.25. The van der Waals surface area contributed by atoms with Crippen LogP contribution in [0.1, 0.15) is 27.2 Å². The highest BCUT2D eigenvalue weighted by Gasteiger charge is 2.16. The van der Waals surface area contributed by atoms with Crippen LogP contribution >= 0.6 is 11.6 Å². The fourth-order valence-corrected chi connectivity index (χ4v) is 2.78. The van der Waals surface area contributed by atoms with Crippen LogP contribution in [0.2, 0.25) is 5.02 Å². The Kier molecular flexibility index (Phi) is 4.55. The van der Waals surface area contributed by atoms with E-state index >= 15 is 0 Å². The summed E-state index contributed by atoms with van der Waals surface area (Å²) in [6.07, 6.45) is 1.54. The van der Waals surface area contributed by atoms with E-state index in [4.69, 9.17) is 16.9 Å². The van der Waals surface area contributed by atoms with Crippen molar-refractivity contribution in [3.05, 3.63) is 76.1 Å². The van der Waals surface area contributed by atoms with E-state index in [1.54, 1.807) is 29.1 Å². The summed E-state index contributed by atoms with van der Waals surface area (Å²) in [5.74, 6) is -0.280. The minimum Gasteiger partial charge on any atom is -0.322 e. The van der Waals surface area contributed by atoms with Crippen LogP contribution in [0.3, 0.4) is 0 Å². The Morgan fingerprint density at radius 1 is 1.24 bits per heavy atom. The second-order valence-electron chi connectivity index (χ2n) is 5.60. The van der Waals surface area contributed by atoms with E-state index in [1.807, 2.05) is 44.2 Å². The number of para-hydroxylation sites is 1. The first-order valence-electron chi connectivity index (χ1n) is 7.63. The maximum absolute atomic E-state index is 12.6. The molecule has 0 fully saturated rings. The maximum Gasteiger partial charge on any atom is 0.259 e. The molecular weight excluding hydrogens is 336 g/mol. The Hall–Kier alpha value is -3.10. The van der Waals surface area contributed by atoms with Gasteiger partial charge in [0, 0.05) is 5.69 Å². The summed E-state index contributed by atoms with van der Waals surface area (Å²) in [7, 11) is 0. The quantitative estimate of drug-likeness (QED) is 0.766. The fourth-order valence-electron chi connectivity index (χ4n) is 2.56. The summed E-state index contributed by atoms with van der Waals surface area (Å²) >= 11 is 6.00. The molecule has 124 valence electrons. The summed E-state index contributed by atoms with van der Waals surface area (Å²) in [6, 6.07) is 14.6. The van der Waals surface area contributed by atoms with E-state index in [2.05, 4.69) is 10.4 Å². The molecule has 0 aliphatic rings. The van der Waals surface area contributed by atoms with Crippen molar-refractivity contribution in [3.8, 4) is 11.8 Å². The number of anilines is 1. The summed E-state index contributed by atoms with van der Waals surface area (Å²) in [4.78, 5) is 12.6. The molecule has 5 nitrogen and oxygen atoms in total. The van der Waals surface area contributed by atoms with Crippen molar-refractivity contribution < 1.29 is 4.79 Å². The molecule has 0 aliphatic carbocycles. The predicted octanol–water partition coefficient (Wildman–Crippen LogP) is 4.27. The lowest BCUT2D eigenvalue weighted by atomic mass is 10.2. The zero-order valence-corrected chi connectivity index (χ0v) is 14.5. The van der Waals surface area contributed by atoms with Crippen molar-refractivity contribution in [1.29, 1.82) is 5.26 Å². The normalized spacial score (nSPS) is 10.3. The molecule has 1 N–H and O–H groups in total. The van der Waals surface area contributed by atoms with Crippen LogP contribution in [-0.2, 0) is 0 Å². The SMILES string of the molecule is Cc1ccccc1-n1ncc(C(=O)Nc2ccc(C#N)c(Cl)c2)c1C. The molecule has 0 bridgehead atoms. The van der Waals surface area contributed by atoms with Crippen molar-refractivity contribution in [2.24, 2.45) is 0 Å². The van der Waals surface area contributed by atoms with Gasteiger partial charge in [0.2, 0.25) is 0 Å². The highest BCUT2D eigenvalue weighted by Crippen LogP contribution is 2.22. The van der Waals surface area contributed by atoms with Gasteiger partial charge in [-0.3, -0.25) is 4.79 Å². The van der Waals surface area contributed by atoms with Crippen LogP contribution in [0, 0.1) is 25.2 Å². The largest absolute Gasteiger partial charge is 0.322 e. The van der Waals surface area contributed by atoms with E-state index in [1.165, 1.54) is 0 Å². The standard InChI is InChI=1S/C19H15ClN4O/c1-12-5-3-4-6-18(12)24-13(2)16(11-22-24)19(25)23-15-8-7-14(10-21)17(20)9-15/h3-9,11H,1-2H3,(H,23,25). The van der Waals surface area contributed by atoms with E-state index in [0.717, 1.165) is 16.9 Å². The number of hydrogen-bond donors (Lipinski definition) is 1. The number of aromatic nitrogens is 2. The van der Waals surface area contributed by atoms with Crippen molar-refractivity contribution in [1.82, 2.24) is 9.78 Å². The molecule has 1 heterocycles. The van der Waals surface area contributed by atoms with Crippen molar-refractivity contribution >= 4 is 23.2 Å². The minimum atomic E-state index is -0.280. The molecule has 0 saturated carbocycles. The first-order chi connectivity index (χ1) is 12.0. The van der Waals surface area contributed by atoms with E-state index in [-0.39, 0.29) is 5.91 Å². The fraction of sp³-hybridized carbons (Fsp3) is 0.105. The van der Waals surface area contributed by atoms with Gasteiger partial charge in [0.05, 0.1) is 33.7 Å². The first kappa shape index (κ1) is 16.7. The van der Waals surface area contributed by atoms with Gasteiger partial charge in [0.25, 0.3) is 5.91 Å². The molecule has 0 radical (unpaired) electrons. The molecule has 1 aromatic heterocycles. The molecule has 1 amide bonds. The average molecular weight is 351 g/mol. The predicted molar refractivity (Wildman–Crippen MR) is 97.2 cm³/mol. The molecule has 0 unspecified atom stereocenters. The Morgan fingerprint density at radius 2 is 2.00 bits per heavy atom. The number of aryl methyl sites for hydroxylation is 1. The minimum absolute atomic E-state index is 0.280. The topological polar surface area (TPSA) is 70.7 Å². The number of benzene rings is 2. The molecule has 25 heavy (non-hydrogen) atoms. The Morgan fingerprint density at radius 3 is 2.68 bits per heavy atom. The van der Waals surface area contributed by atoms with E-state index < -0.39 is 0 Å². The van der Waals surface area contributed by atoms with Gasteiger partial charge in [-0.2, -0.15) is 10.4 Å². The third-order valence-electron chi connectivity index (χ3n) is 3.95. The van der Waals surface area contributed by atoms with Crippen molar-refractivity contribution in [3.63, 3.8) is 0 Å². The summed E-state index contributed by atoms with van der Waals surface area (Å²) < 4.78 is 1.75. The smallest absolute Gasteiger partial charge is 0.259 e. The van der Waals surface area contributed by atoms with Gasteiger partial charge in [0.15, 0.2) is 0 Å². The molecular formula is C19H15ClN4O. The van der Waals surface area contributed by atoms with Crippen LogP contribution in [0.5, 0.6) is 0 Å². The number of rotatable bonds is 3. The van der Waals surface area contributed by atoms with Gasteiger partial charge in [-0.25, -0.2) is 4.68 Å². The second kappa shape index (κ2) is 6.80.